The first-order valence-electron chi connectivity index (χ1n) is 11.5. The third-order valence-corrected chi connectivity index (χ3v) is 6.17. The van der Waals surface area contributed by atoms with E-state index in [4.69, 9.17) is 9.47 Å². The molecule has 1 saturated heterocycles. The van der Waals surface area contributed by atoms with Crippen LogP contribution in [0.5, 0.6) is 0 Å². The van der Waals surface area contributed by atoms with Crippen molar-refractivity contribution in [3.05, 3.63) is 106 Å². The standard InChI is InChI=1S/C27H24F7NO2.ClH/c1-17(20-13-21(26(29,30)31)15-22(14-20)27(32,33)34)37-25-24(19-7-9-23(28)10-8-19)35(11-12-36-25)16-18-5-3-2-4-6-18;/h2-10,13-15,17,24-25H,11-12,16H2,1H3;1H/t17-,24+,25-;/m1./s1. The monoisotopic (exact) mass is 563 g/mol. The second kappa shape index (κ2) is 12.0. The van der Waals surface area contributed by atoms with E-state index in [1.54, 1.807) is 12.1 Å². The molecule has 3 nitrogen and oxygen atoms in total. The highest BCUT2D eigenvalue weighted by molar-refractivity contribution is 5.85. The molecule has 0 radical (unpaired) electrons. The minimum Gasteiger partial charge on any atom is -0.349 e. The summed E-state index contributed by atoms with van der Waals surface area (Å²) in [4.78, 5) is 2.02. The Morgan fingerprint density at radius 1 is 0.895 bits per heavy atom. The highest BCUT2D eigenvalue weighted by Crippen LogP contribution is 2.40. The zero-order valence-electron chi connectivity index (χ0n) is 20.1. The van der Waals surface area contributed by atoms with Crippen molar-refractivity contribution in [2.75, 3.05) is 13.2 Å². The molecular formula is C27H25ClF7NO2. The van der Waals surface area contributed by atoms with Gasteiger partial charge in [0.25, 0.3) is 0 Å². The van der Waals surface area contributed by atoms with Crippen LogP contribution in [0, 0.1) is 5.82 Å². The predicted molar refractivity (Wildman–Crippen MR) is 129 cm³/mol. The van der Waals surface area contributed by atoms with Crippen LogP contribution in [0.4, 0.5) is 30.7 Å². The van der Waals surface area contributed by atoms with E-state index in [0.717, 1.165) is 5.56 Å². The number of ether oxygens (including phenoxy) is 2. The number of benzene rings is 3. The lowest BCUT2D eigenvalue weighted by Gasteiger charge is -2.42. The third kappa shape index (κ3) is 7.25. The van der Waals surface area contributed by atoms with Crippen molar-refractivity contribution in [1.82, 2.24) is 4.90 Å². The molecule has 1 aliphatic heterocycles. The number of rotatable bonds is 6. The molecule has 3 aromatic carbocycles. The van der Waals surface area contributed by atoms with E-state index in [0.29, 0.717) is 30.8 Å². The molecule has 3 aromatic rings. The molecule has 11 heteroatoms. The smallest absolute Gasteiger partial charge is 0.349 e. The maximum Gasteiger partial charge on any atom is 0.416 e. The van der Waals surface area contributed by atoms with Gasteiger partial charge in [0.05, 0.1) is 29.9 Å². The highest BCUT2D eigenvalue weighted by Gasteiger charge is 2.39. The summed E-state index contributed by atoms with van der Waals surface area (Å²) in [7, 11) is 0. The minimum atomic E-state index is -4.97. The van der Waals surface area contributed by atoms with E-state index in [1.165, 1.54) is 19.1 Å². The van der Waals surface area contributed by atoms with E-state index in [9.17, 15) is 30.7 Å². The van der Waals surface area contributed by atoms with Crippen LogP contribution in [-0.4, -0.2) is 24.3 Å². The lowest BCUT2D eigenvalue weighted by Crippen LogP contribution is -2.46. The average molecular weight is 564 g/mol. The topological polar surface area (TPSA) is 21.7 Å². The molecule has 0 spiro atoms. The van der Waals surface area contributed by atoms with Crippen LogP contribution in [0.2, 0.25) is 0 Å². The summed E-state index contributed by atoms with van der Waals surface area (Å²) in [6.07, 6.45) is -12.2. The summed E-state index contributed by atoms with van der Waals surface area (Å²) >= 11 is 0. The Morgan fingerprint density at radius 3 is 2.03 bits per heavy atom. The van der Waals surface area contributed by atoms with Crippen molar-refractivity contribution in [1.29, 1.82) is 0 Å². The van der Waals surface area contributed by atoms with Gasteiger partial charge < -0.3 is 9.47 Å². The average Bonchev–Trinajstić information content (AvgIpc) is 2.84. The molecule has 38 heavy (non-hydrogen) atoms. The van der Waals surface area contributed by atoms with Crippen molar-refractivity contribution >= 4 is 12.4 Å². The van der Waals surface area contributed by atoms with E-state index < -0.39 is 47.7 Å². The second-order valence-electron chi connectivity index (χ2n) is 8.81. The van der Waals surface area contributed by atoms with Crippen LogP contribution in [0.25, 0.3) is 0 Å². The lowest BCUT2D eigenvalue weighted by atomic mass is 10.00. The fraction of sp³-hybridized carbons (Fsp3) is 0.333. The Morgan fingerprint density at radius 2 is 1.47 bits per heavy atom. The summed E-state index contributed by atoms with van der Waals surface area (Å²) < 4.78 is 106. The molecule has 0 bridgehead atoms. The molecule has 1 fully saturated rings. The maximum atomic E-state index is 13.6. The lowest BCUT2D eigenvalue weighted by molar-refractivity contribution is -0.231. The van der Waals surface area contributed by atoms with Gasteiger partial charge in [-0.2, -0.15) is 26.3 Å². The molecule has 0 saturated carbocycles. The number of hydrogen-bond donors (Lipinski definition) is 0. The zero-order valence-corrected chi connectivity index (χ0v) is 20.9. The Bertz CT molecular complexity index is 1150. The molecule has 0 amide bonds. The Balaban J connectivity index is 0.00000400. The van der Waals surface area contributed by atoms with Gasteiger partial charge >= 0.3 is 12.4 Å². The number of hydrogen-bond acceptors (Lipinski definition) is 3. The van der Waals surface area contributed by atoms with Gasteiger partial charge in [0.1, 0.15) is 5.82 Å². The molecule has 0 unspecified atom stereocenters. The van der Waals surface area contributed by atoms with Crippen LogP contribution in [-0.2, 0) is 28.4 Å². The van der Waals surface area contributed by atoms with Crippen LogP contribution in [0.3, 0.4) is 0 Å². The molecule has 3 atom stereocenters. The Hall–Kier alpha value is -2.66. The molecule has 0 aliphatic carbocycles. The van der Waals surface area contributed by atoms with Gasteiger partial charge in [0.15, 0.2) is 6.29 Å². The number of morpholine rings is 1. The number of nitrogens with zero attached hydrogens (tertiary/aromatic N) is 1. The van der Waals surface area contributed by atoms with E-state index in [2.05, 4.69) is 0 Å². The van der Waals surface area contributed by atoms with E-state index >= 15 is 0 Å². The number of alkyl halides is 6. The molecule has 4 rings (SSSR count). The van der Waals surface area contributed by atoms with Crippen LogP contribution >= 0.6 is 12.4 Å². The van der Waals surface area contributed by atoms with Crippen LogP contribution in [0.1, 0.15) is 46.9 Å². The van der Waals surface area contributed by atoms with Crippen molar-refractivity contribution < 1.29 is 40.2 Å². The molecule has 0 aromatic heterocycles. The highest BCUT2D eigenvalue weighted by atomic mass is 35.5. The van der Waals surface area contributed by atoms with Crippen molar-refractivity contribution in [3.8, 4) is 0 Å². The summed E-state index contributed by atoms with van der Waals surface area (Å²) in [5.41, 5.74) is -1.51. The largest absolute Gasteiger partial charge is 0.416 e. The van der Waals surface area contributed by atoms with Crippen molar-refractivity contribution in [2.24, 2.45) is 0 Å². The quantitative estimate of drug-likeness (QED) is 0.284. The van der Waals surface area contributed by atoms with Gasteiger partial charge in [-0.25, -0.2) is 4.39 Å². The van der Waals surface area contributed by atoms with Crippen molar-refractivity contribution in [2.45, 2.75) is 44.3 Å². The molecule has 206 valence electrons. The van der Waals surface area contributed by atoms with Crippen LogP contribution in [0.15, 0.2) is 72.8 Å². The summed E-state index contributed by atoms with van der Waals surface area (Å²) in [6, 6.07) is 15.9. The van der Waals surface area contributed by atoms with Gasteiger partial charge in [-0.1, -0.05) is 42.5 Å². The first kappa shape index (κ1) is 29.9. The molecule has 1 heterocycles. The minimum absolute atomic E-state index is 0. The summed E-state index contributed by atoms with van der Waals surface area (Å²) in [5, 5.41) is 0. The normalized spacial score (nSPS) is 19.6. The Kier molecular flexibility index (Phi) is 9.46. The van der Waals surface area contributed by atoms with Gasteiger partial charge in [-0.15, -0.1) is 12.4 Å². The SMILES string of the molecule is C[C@@H](O[C@H]1OCCN(Cc2ccccc2)[C@H]1c1ccc(F)cc1)c1cc(C(F)(F)F)cc(C(F)(F)F)c1.Cl. The van der Waals surface area contributed by atoms with Gasteiger partial charge in [0, 0.05) is 13.1 Å². The predicted octanol–water partition coefficient (Wildman–Crippen LogP) is 7.96. The Labute approximate surface area is 221 Å². The van der Waals surface area contributed by atoms with Crippen molar-refractivity contribution in [3.63, 3.8) is 0 Å². The molecule has 0 N–H and O–H groups in total. The molecular weight excluding hydrogens is 539 g/mol. The first-order valence-corrected chi connectivity index (χ1v) is 11.5. The zero-order chi connectivity index (χ0) is 26.8. The molecule has 1 aliphatic rings. The van der Waals surface area contributed by atoms with E-state index in [1.807, 2.05) is 35.2 Å². The van der Waals surface area contributed by atoms with E-state index in [-0.39, 0.29) is 30.6 Å². The summed E-state index contributed by atoms with van der Waals surface area (Å²) in [6.45, 7) is 2.55. The second-order valence-corrected chi connectivity index (χ2v) is 8.81. The third-order valence-electron chi connectivity index (χ3n) is 6.17. The number of halogens is 8. The summed E-state index contributed by atoms with van der Waals surface area (Å²) in [5.74, 6) is -0.454. The fourth-order valence-corrected chi connectivity index (χ4v) is 4.32. The maximum absolute atomic E-state index is 13.6. The fourth-order valence-electron chi connectivity index (χ4n) is 4.32. The van der Waals surface area contributed by atoms with Gasteiger partial charge in [0.2, 0.25) is 0 Å². The van der Waals surface area contributed by atoms with Crippen LogP contribution < -0.4 is 0 Å². The first-order chi connectivity index (χ1) is 17.4. The van der Waals surface area contributed by atoms with Gasteiger partial charge in [-0.05, 0) is 53.9 Å². The van der Waals surface area contributed by atoms with Gasteiger partial charge in [-0.3, -0.25) is 4.90 Å².